The SMILES string of the molecule is Fc1cc(Cl)c2nsnc2c1. The van der Waals surface area contributed by atoms with E-state index in [1.54, 1.807) is 0 Å². The molecule has 2 nitrogen and oxygen atoms in total. The first kappa shape index (κ1) is 6.94. The number of hydrogen-bond acceptors (Lipinski definition) is 3. The second-order valence-electron chi connectivity index (χ2n) is 2.02. The molecule has 0 saturated heterocycles. The van der Waals surface area contributed by atoms with Gasteiger partial charge in [0.05, 0.1) is 16.8 Å². The van der Waals surface area contributed by atoms with Crippen LogP contribution in [0.4, 0.5) is 4.39 Å². The average Bonchev–Trinajstić information content (AvgIpc) is 2.34. The van der Waals surface area contributed by atoms with Gasteiger partial charge in [0.1, 0.15) is 16.9 Å². The maximum absolute atomic E-state index is 12.6. The molecule has 1 aromatic carbocycles. The van der Waals surface area contributed by atoms with Crippen LogP contribution in [0.3, 0.4) is 0 Å². The Morgan fingerprint density at radius 1 is 1.36 bits per heavy atom. The molecule has 0 amide bonds. The van der Waals surface area contributed by atoms with E-state index in [4.69, 9.17) is 11.6 Å². The van der Waals surface area contributed by atoms with Gasteiger partial charge < -0.3 is 0 Å². The molecule has 0 atom stereocenters. The van der Waals surface area contributed by atoms with Crippen molar-refractivity contribution in [1.82, 2.24) is 8.75 Å². The summed E-state index contributed by atoms with van der Waals surface area (Å²) in [6.07, 6.45) is 0. The molecule has 0 aliphatic carbocycles. The Morgan fingerprint density at radius 2 is 2.18 bits per heavy atom. The van der Waals surface area contributed by atoms with Gasteiger partial charge in [-0.1, -0.05) is 11.6 Å². The van der Waals surface area contributed by atoms with Gasteiger partial charge in [0, 0.05) is 6.07 Å². The van der Waals surface area contributed by atoms with Gasteiger partial charge >= 0.3 is 0 Å². The van der Waals surface area contributed by atoms with E-state index in [0.29, 0.717) is 16.1 Å². The summed E-state index contributed by atoms with van der Waals surface area (Å²) in [6, 6.07) is 2.54. The van der Waals surface area contributed by atoms with Crippen molar-refractivity contribution in [3.05, 3.63) is 23.0 Å². The predicted octanol–water partition coefficient (Wildman–Crippen LogP) is 2.48. The number of aromatic nitrogens is 2. The highest BCUT2D eigenvalue weighted by Gasteiger charge is 2.04. The summed E-state index contributed by atoms with van der Waals surface area (Å²) in [4.78, 5) is 0. The van der Waals surface area contributed by atoms with Gasteiger partial charge in [0.2, 0.25) is 0 Å². The minimum Gasteiger partial charge on any atom is -0.207 e. The molecule has 0 bridgehead atoms. The molecule has 5 heteroatoms. The molecule has 0 aliphatic rings. The van der Waals surface area contributed by atoms with Crippen LogP contribution in [0.5, 0.6) is 0 Å². The molecule has 0 unspecified atom stereocenters. The Bertz CT molecular complexity index is 400. The van der Waals surface area contributed by atoms with Crippen LogP contribution >= 0.6 is 23.3 Å². The predicted molar refractivity (Wildman–Crippen MR) is 42.4 cm³/mol. The molecule has 56 valence electrons. The van der Waals surface area contributed by atoms with Gasteiger partial charge in [-0.15, -0.1) is 0 Å². The Hall–Kier alpha value is -0.740. The summed E-state index contributed by atoms with van der Waals surface area (Å²) in [7, 11) is 0. The number of halogens is 2. The highest BCUT2D eigenvalue weighted by molar-refractivity contribution is 7.00. The zero-order chi connectivity index (χ0) is 7.84. The fraction of sp³-hybridized carbons (Fsp3) is 0. The molecule has 0 fully saturated rings. The molecule has 1 aromatic heterocycles. The maximum Gasteiger partial charge on any atom is 0.127 e. The summed E-state index contributed by atoms with van der Waals surface area (Å²) < 4.78 is 20.4. The van der Waals surface area contributed by atoms with E-state index in [1.165, 1.54) is 12.1 Å². The molecule has 0 radical (unpaired) electrons. The van der Waals surface area contributed by atoms with E-state index in [-0.39, 0.29) is 5.82 Å². The first-order chi connectivity index (χ1) is 5.27. The van der Waals surface area contributed by atoms with E-state index >= 15 is 0 Å². The Balaban J connectivity index is 2.91. The molecule has 2 rings (SSSR count). The molecule has 0 aliphatic heterocycles. The lowest BCUT2D eigenvalue weighted by Gasteiger charge is -1.89. The number of hydrogen-bond donors (Lipinski definition) is 0. The third-order valence-electron chi connectivity index (χ3n) is 1.28. The summed E-state index contributed by atoms with van der Waals surface area (Å²) in [6.45, 7) is 0. The van der Waals surface area contributed by atoms with Crippen molar-refractivity contribution in [3.8, 4) is 0 Å². The van der Waals surface area contributed by atoms with E-state index < -0.39 is 0 Å². The van der Waals surface area contributed by atoms with Gasteiger partial charge in [0.25, 0.3) is 0 Å². The first-order valence-corrected chi connectivity index (χ1v) is 3.95. The van der Waals surface area contributed by atoms with Crippen molar-refractivity contribution in [2.45, 2.75) is 0 Å². The Kier molecular flexibility index (Phi) is 1.51. The van der Waals surface area contributed by atoms with E-state index in [2.05, 4.69) is 8.75 Å². The van der Waals surface area contributed by atoms with Gasteiger partial charge in [-0.25, -0.2) is 4.39 Å². The van der Waals surface area contributed by atoms with Crippen LogP contribution in [-0.2, 0) is 0 Å². The van der Waals surface area contributed by atoms with Gasteiger partial charge in [-0.3, -0.25) is 0 Å². The summed E-state index contributed by atoms with van der Waals surface area (Å²) in [5, 5.41) is 0.314. The van der Waals surface area contributed by atoms with Crippen LogP contribution in [0.2, 0.25) is 5.02 Å². The highest BCUT2D eigenvalue weighted by atomic mass is 35.5. The highest BCUT2D eigenvalue weighted by Crippen LogP contribution is 2.22. The van der Waals surface area contributed by atoms with Crippen LogP contribution in [0.1, 0.15) is 0 Å². The lowest BCUT2D eigenvalue weighted by Crippen LogP contribution is -1.76. The number of fused-ring (bicyclic) bond motifs is 1. The lowest BCUT2D eigenvalue weighted by atomic mass is 10.3. The second-order valence-corrected chi connectivity index (χ2v) is 2.96. The number of nitrogens with zero attached hydrogens (tertiary/aromatic N) is 2. The van der Waals surface area contributed by atoms with E-state index in [1.807, 2.05) is 0 Å². The normalized spacial score (nSPS) is 10.7. The summed E-state index contributed by atoms with van der Waals surface area (Å²) in [5.41, 5.74) is 1.08. The summed E-state index contributed by atoms with van der Waals surface area (Å²) >= 11 is 6.69. The van der Waals surface area contributed by atoms with Crippen molar-refractivity contribution >= 4 is 34.4 Å². The third-order valence-corrected chi connectivity index (χ3v) is 2.11. The maximum atomic E-state index is 12.6. The lowest BCUT2D eigenvalue weighted by molar-refractivity contribution is 0.629. The molecule has 2 aromatic rings. The fourth-order valence-corrected chi connectivity index (χ4v) is 1.65. The van der Waals surface area contributed by atoms with Crippen LogP contribution in [-0.4, -0.2) is 8.75 Å². The molecule has 0 N–H and O–H groups in total. The summed E-state index contributed by atoms with van der Waals surface area (Å²) in [5.74, 6) is -0.379. The van der Waals surface area contributed by atoms with E-state index in [9.17, 15) is 4.39 Å². The molecule has 1 heterocycles. The smallest absolute Gasteiger partial charge is 0.127 e. The average molecular weight is 189 g/mol. The van der Waals surface area contributed by atoms with Gasteiger partial charge in [-0.2, -0.15) is 8.75 Å². The molecular formula is C6H2ClFN2S. The van der Waals surface area contributed by atoms with Crippen LogP contribution < -0.4 is 0 Å². The fourth-order valence-electron chi connectivity index (χ4n) is 0.818. The van der Waals surface area contributed by atoms with Gasteiger partial charge in [0.15, 0.2) is 0 Å². The van der Waals surface area contributed by atoms with E-state index in [0.717, 1.165) is 11.7 Å². The molecule has 0 saturated carbocycles. The zero-order valence-electron chi connectivity index (χ0n) is 5.21. The second kappa shape index (κ2) is 2.39. The molecule has 0 spiro atoms. The minimum atomic E-state index is -0.379. The largest absolute Gasteiger partial charge is 0.207 e. The molecule has 11 heavy (non-hydrogen) atoms. The van der Waals surface area contributed by atoms with Crippen molar-refractivity contribution in [1.29, 1.82) is 0 Å². The van der Waals surface area contributed by atoms with Crippen molar-refractivity contribution in [3.63, 3.8) is 0 Å². The van der Waals surface area contributed by atoms with Crippen molar-refractivity contribution < 1.29 is 4.39 Å². The van der Waals surface area contributed by atoms with Gasteiger partial charge in [-0.05, 0) is 6.07 Å². The Labute approximate surface area is 70.9 Å². The minimum absolute atomic E-state index is 0.314. The first-order valence-electron chi connectivity index (χ1n) is 2.85. The quantitative estimate of drug-likeness (QED) is 0.635. The third kappa shape index (κ3) is 1.08. The van der Waals surface area contributed by atoms with Crippen LogP contribution in [0.25, 0.3) is 11.0 Å². The van der Waals surface area contributed by atoms with Crippen molar-refractivity contribution in [2.75, 3.05) is 0 Å². The number of rotatable bonds is 0. The zero-order valence-corrected chi connectivity index (χ0v) is 6.79. The Morgan fingerprint density at radius 3 is 3.00 bits per heavy atom. The molecular weight excluding hydrogens is 187 g/mol. The standard InChI is InChI=1S/C6H2ClFN2S/c7-4-1-3(8)2-5-6(4)10-11-9-5/h1-2H. The topological polar surface area (TPSA) is 25.8 Å². The van der Waals surface area contributed by atoms with Crippen LogP contribution in [0, 0.1) is 5.82 Å². The van der Waals surface area contributed by atoms with Crippen molar-refractivity contribution in [2.24, 2.45) is 0 Å². The monoisotopic (exact) mass is 188 g/mol. The van der Waals surface area contributed by atoms with Crippen LogP contribution in [0.15, 0.2) is 12.1 Å². The number of benzene rings is 1.